The molecule has 0 aromatic carbocycles. The predicted molar refractivity (Wildman–Crippen MR) is 159 cm³/mol. The molecule has 2 atom stereocenters. The minimum Gasteiger partial charge on any atom is -0.462 e. The number of anilines is 2. The highest BCUT2D eigenvalue weighted by Gasteiger charge is 2.67. The predicted octanol–water partition coefficient (Wildman–Crippen LogP) is 7.04. The Balaban J connectivity index is 1.61. The molecule has 2 heterocycles. The van der Waals surface area contributed by atoms with Crippen molar-refractivity contribution in [1.29, 1.82) is 0 Å². The molecule has 2 aliphatic carbocycles. The first kappa shape index (κ1) is 33.9. The number of amides is 2. The number of carbonyl (C=O) groups excluding carboxylic acids is 4. The van der Waals surface area contributed by atoms with Gasteiger partial charge in [-0.3, -0.25) is 9.59 Å². The number of fused-ring (bicyclic) bond motifs is 2. The molecule has 44 heavy (non-hydrogen) atoms. The van der Waals surface area contributed by atoms with Crippen molar-refractivity contribution in [3.05, 3.63) is 32.0 Å². The number of carbonyl (C=O) groups is 4. The lowest BCUT2D eigenvalue weighted by atomic mass is 9.85. The molecule has 0 radical (unpaired) electrons. The van der Waals surface area contributed by atoms with Crippen LogP contribution in [0.5, 0.6) is 0 Å². The minimum atomic E-state index is -5.52. The van der Waals surface area contributed by atoms with Gasteiger partial charge in [-0.25, -0.2) is 9.59 Å². The molecule has 0 spiro atoms. The van der Waals surface area contributed by atoms with E-state index in [2.05, 4.69) is 0 Å². The van der Waals surface area contributed by atoms with Crippen LogP contribution in [0.1, 0.15) is 95.0 Å². The lowest BCUT2D eigenvalue weighted by Gasteiger charge is -2.24. The number of thiophene rings is 2. The summed E-state index contributed by atoms with van der Waals surface area (Å²) in [6.07, 6.45) is 5.11. The van der Waals surface area contributed by atoms with E-state index in [1.807, 2.05) is 13.8 Å². The lowest BCUT2D eigenvalue weighted by Crippen LogP contribution is -2.56. The van der Waals surface area contributed by atoms with Gasteiger partial charge < -0.3 is 20.1 Å². The molecule has 8 nitrogen and oxygen atoms in total. The van der Waals surface area contributed by atoms with Crippen LogP contribution in [0.15, 0.2) is 0 Å². The number of rotatable bonds is 11. The van der Waals surface area contributed by atoms with Crippen LogP contribution in [0, 0.1) is 11.8 Å². The summed E-state index contributed by atoms with van der Waals surface area (Å²) in [5.74, 6) is -17.1. The summed E-state index contributed by atoms with van der Waals surface area (Å²) in [5.41, 5.74) is 0.818. The maximum Gasteiger partial charge on any atom is 0.396 e. The first-order chi connectivity index (χ1) is 20.8. The molecule has 0 saturated carbocycles. The van der Waals surface area contributed by atoms with Gasteiger partial charge in [0.25, 0.3) is 0 Å². The highest BCUT2D eigenvalue weighted by molar-refractivity contribution is 7.17. The average molecular weight is 661 g/mol. The van der Waals surface area contributed by atoms with Crippen molar-refractivity contribution in [3.8, 4) is 0 Å². The molecule has 2 aromatic rings. The molecule has 4 rings (SSSR count). The van der Waals surface area contributed by atoms with Gasteiger partial charge in [-0.1, -0.05) is 26.7 Å². The Kier molecular flexibility index (Phi) is 10.4. The van der Waals surface area contributed by atoms with E-state index in [1.165, 1.54) is 0 Å². The molecule has 2 amide bonds. The molecule has 0 fully saturated rings. The number of nitrogens with one attached hydrogen (secondary N) is 2. The third-order valence-electron chi connectivity index (χ3n) is 8.27. The number of ether oxygens (including phenoxy) is 2. The molecule has 0 bridgehead atoms. The van der Waals surface area contributed by atoms with Crippen molar-refractivity contribution in [2.24, 2.45) is 11.8 Å². The molecule has 2 aromatic heterocycles. The van der Waals surface area contributed by atoms with E-state index in [1.54, 1.807) is 24.5 Å². The number of esters is 2. The zero-order valence-corrected chi connectivity index (χ0v) is 26.6. The van der Waals surface area contributed by atoms with Gasteiger partial charge in [0.15, 0.2) is 0 Å². The maximum absolute atomic E-state index is 15.2. The number of alkyl halides is 4. The Morgan fingerprint density at radius 1 is 0.705 bits per heavy atom. The Morgan fingerprint density at radius 3 is 1.39 bits per heavy atom. The van der Waals surface area contributed by atoms with Crippen LogP contribution < -0.4 is 10.6 Å². The van der Waals surface area contributed by atoms with Gasteiger partial charge in [0.05, 0.1) is 24.3 Å². The molecular weight excluding hydrogens is 624 g/mol. The number of halogens is 4. The highest BCUT2D eigenvalue weighted by atomic mass is 32.1. The van der Waals surface area contributed by atoms with Crippen LogP contribution in [0.25, 0.3) is 0 Å². The number of hydrogen-bond donors (Lipinski definition) is 2. The third-order valence-corrected chi connectivity index (χ3v) is 10.6. The molecule has 0 aliphatic heterocycles. The fourth-order valence-corrected chi connectivity index (χ4v) is 8.36. The van der Waals surface area contributed by atoms with Crippen molar-refractivity contribution in [2.45, 2.75) is 90.9 Å². The van der Waals surface area contributed by atoms with Crippen molar-refractivity contribution >= 4 is 56.4 Å². The van der Waals surface area contributed by atoms with Crippen LogP contribution in [0.2, 0.25) is 0 Å². The second-order valence-corrected chi connectivity index (χ2v) is 13.2. The quantitative estimate of drug-likeness (QED) is 0.198. The Morgan fingerprint density at radius 2 is 1.07 bits per heavy atom. The Hall–Kier alpha value is -3.00. The Labute approximate surface area is 260 Å². The second kappa shape index (κ2) is 13.6. The van der Waals surface area contributed by atoms with Gasteiger partial charge in [-0.2, -0.15) is 17.6 Å². The first-order valence-corrected chi connectivity index (χ1v) is 16.4. The zero-order chi connectivity index (χ0) is 32.4. The van der Waals surface area contributed by atoms with E-state index in [-0.39, 0.29) is 46.2 Å². The third kappa shape index (κ3) is 6.37. The summed E-state index contributed by atoms with van der Waals surface area (Å²) in [6.45, 7) is 7.04. The molecule has 0 saturated heterocycles. The van der Waals surface area contributed by atoms with Crippen molar-refractivity contribution < 1.29 is 46.2 Å². The van der Waals surface area contributed by atoms with Crippen LogP contribution >= 0.6 is 22.7 Å². The summed E-state index contributed by atoms with van der Waals surface area (Å²) in [4.78, 5) is 52.4. The summed E-state index contributed by atoms with van der Waals surface area (Å²) >= 11 is 1.73. The zero-order valence-electron chi connectivity index (χ0n) is 25.0. The first-order valence-electron chi connectivity index (χ1n) is 14.8. The molecule has 14 heteroatoms. The van der Waals surface area contributed by atoms with Crippen LogP contribution in [0.3, 0.4) is 0 Å². The van der Waals surface area contributed by atoms with E-state index in [9.17, 15) is 19.2 Å². The van der Waals surface area contributed by atoms with Crippen molar-refractivity contribution in [3.63, 3.8) is 0 Å². The van der Waals surface area contributed by atoms with Crippen LogP contribution in [-0.4, -0.2) is 48.8 Å². The normalized spacial score (nSPS) is 18.2. The second-order valence-electron chi connectivity index (χ2n) is 10.9. The van der Waals surface area contributed by atoms with E-state index in [4.69, 9.17) is 9.47 Å². The molecule has 2 N–H and O–H groups in total. The summed E-state index contributed by atoms with van der Waals surface area (Å²) < 4.78 is 70.9. The smallest absolute Gasteiger partial charge is 0.396 e. The molecule has 2 unspecified atom stereocenters. The van der Waals surface area contributed by atoms with Crippen LogP contribution in [0.4, 0.5) is 27.6 Å². The standard InChI is InChI=1S/C30H36F4N2O6S2/c1-5-15-9-11-17-19(13-15)43-23(21(17)25(37)41-7-3)35-27(39)29(31,32)30(33,34)28(40)36-24-22(26(38)42-8-4)18-12-10-16(6-2)14-20(18)44-24/h15-16H,5-14H2,1-4H3,(H,35,39)(H,36,40). The summed E-state index contributed by atoms with van der Waals surface area (Å²) in [5, 5.41) is 2.95. The SMILES string of the molecule is CCOC(=O)c1c(NC(=O)C(F)(F)C(F)(F)C(=O)Nc2sc3c(c2C(=O)OCC)CCC(CC)C3)sc2c1CCC(CC)C2. The molecule has 2 aliphatic rings. The lowest BCUT2D eigenvalue weighted by molar-refractivity contribution is -0.204. The fourth-order valence-electron chi connectivity index (χ4n) is 5.67. The van der Waals surface area contributed by atoms with Gasteiger partial charge in [0.2, 0.25) is 0 Å². The average Bonchev–Trinajstić information content (AvgIpc) is 3.53. The van der Waals surface area contributed by atoms with E-state index >= 15 is 17.6 Å². The summed E-state index contributed by atoms with van der Waals surface area (Å²) in [6, 6.07) is 0. The largest absolute Gasteiger partial charge is 0.462 e. The van der Waals surface area contributed by atoms with Gasteiger partial charge in [0.1, 0.15) is 10.0 Å². The molecular formula is C30H36F4N2O6S2. The van der Waals surface area contributed by atoms with E-state index in [0.717, 1.165) is 48.4 Å². The topological polar surface area (TPSA) is 111 Å². The van der Waals surface area contributed by atoms with Gasteiger partial charge in [-0.15, -0.1) is 22.7 Å². The monoisotopic (exact) mass is 660 g/mol. The Bertz CT molecular complexity index is 1330. The van der Waals surface area contributed by atoms with Crippen LogP contribution in [-0.2, 0) is 44.7 Å². The van der Waals surface area contributed by atoms with Crippen molar-refractivity contribution in [2.75, 3.05) is 23.8 Å². The highest BCUT2D eigenvalue weighted by Crippen LogP contribution is 2.45. The minimum absolute atomic E-state index is 0.0259. The summed E-state index contributed by atoms with van der Waals surface area (Å²) in [7, 11) is 0. The van der Waals surface area contributed by atoms with Gasteiger partial charge >= 0.3 is 35.6 Å². The maximum atomic E-state index is 15.2. The van der Waals surface area contributed by atoms with Gasteiger partial charge in [0, 0.05) is 9.75 Å². The van der Waals surface area contributed by atoms with E-state index in [0.29, 0.717) is 46.6 Å². The van der Waals surface area contributed by atoms with E-state index < -0.39 is 35.6 Å². The fraction of sp³-hybridized carbons (Fsp3) is 0.600. The number of hydrogen-bond acceptors (Lipinski definition) is 8. The van der Waals surface area contributed by atoms with Crippen molar-refractivity contribution in [1.82, 2.24) is 0 Å². The van der Waals surface area contributed by atoms with Gasteiger partial charge in [-0.05, 0) is 75.3 Å². The molecule has 242 valence electrons.